The Morgan fingerprint density at radius 1 is 1.00 bits per heavy atom. The van der Waals surface area contributed by atoms with Crippen molar-refractivity contribution in [1.29, 1.82) is 0 Å². The summed E-state index contributed by atoms with van der Waals surface area (Å²) in [7, 11) is 0. The van der Waals surface area contributed by atoms with Crippen LogP contribution >= 0.6 is 50.5 Å². The van der Waals surface area contributed by atoms with Gasteiger partial charge in [-0.1, -0.05) is 13.3 Å². The van der Waals surface area contributed by atoms with Crippen molar-refractivity contribution in [2.75, 3.05) is 11.5 Å². The molecule has 0 heterocycles. The van der Waals surface area contributed by atoms with Crippen LogP contribution in [0, 0.1) is 5.92 Å². The maximum Gasteiger partial charge on any atom is 0.321 e. The summed E-state index contributed by atoms with van der Waals surface area (Å²) in [6, 6.07) is -0.902. The number of aliphatic carboxylic acids is 3. The molecule has 3 atom stereocenters. The molecule has 0 aromatic carbocycles. The summed E-state index contributed by atoms with van der Waals surface area (Å²) in [6.45, 7) is 4.94. The predicted molar refractivity (Wildman–Crippen MR) is 127 cm³/mol. The Kier molecular flexibility index (Phi) is 21.8. The molecule has 0 saturated carbocycles. The molecule has 5 N–H and O–H groups in total. The number of unbranched alkanes of at least 4 members (excludes halogenated alkanes) is 1. The van der Waals surface area contributed by atoms with Crippen molar-refractivity contribution >= 4 is 68.4 Å². The lowest BCUT2D eigenvalue weighted by Crippen LogP contribution is -2.45. The van der Waals surface area contributed by atoms with Gasteiger partial charge >= 0.3 is 17.9 Å². The van der Waals surface area contributed by atoms with Crippen molar-refractivity contribution in [1.82, 2.24) is 0 Å². The second-order valence-electron chi connectivity index (χ2n) is 6.70. The van der Waals surface area contributed by atoms with E-state index in [0.717, 1.165) is 31.4 Å². The average Bonchev–Trinajstić information content (AvgIpc) is 2.57. The minimum Gasteiger partial charge on any atom is -0.481 e. The monoisotopic (exact) mass is 477 g/mol. The van der Waals surface area contributed by atoms with Crippen molar-refractivity contribution in [3.63, 3.8) is 0 Å². The fourth-order valence-corrected chi connectivity index (χ4v) is 2.42. The molecule has 0 spiro atoms. The van der Waals surface area contributed by atoms with Gasteiger partial charge in [-0.15, -0.1) is 0 Å². The van der Waals surface area contributed by atoms with Gasteiger partial charge in [0.15, 0.2) is 0 Å². The van der Waals surface area contributed by atoms with Crippen LogP contribution in [0.3, 0.4) is 0 Å². The summed E-state index contributed by atoms with van der Waals surface area (Å²) in [5.74, 6) is -1.56. The first-order valence-electron chi connectivity index (χ1n) is 8.75. The third-order valence-electron chi connectivity index (χ3n) is 3.36. The van der Waals surface area contributed by atoms with Crippen LogP contribution in [0.5, 0.6) is 0 Å². The Bertz CT molecular complexity index is 446. The van der Waals surface area contributed by atoms with E-state index in [2.05, 4.69) is 50.5 Å². The Balaban J connectivity index is -0.000000349. The lowest BCUT2D eigenvalue weighted by Gasteiger charge is -2.21. The third kappa shape index (κ3) is 23.8. The molecule has 2 unspecified atom stereocenters. The van der Waals surface area contributed by atoms with Crippen LogP contribution in [0.2, 0.25) is 0 Å². The largest absolute Gasteiger partial charge is 0.481 e. The Labute approximate surface area is 189 Å². The molecule has 0 aliphatic carbocycles. The molecule has 0 rings (SSSR count). The molecule has 0 aliphatic rings. The molecule has 28 heavy (non-hydrogen) atoms. The van der Waals surface area contributed by atoms with Gasteiger partial charge in [-0.3, -0.25) is 14.4 Å². The molecule has 11 heteroatoms. The second kappa shape index (κ2) is 18.8. The van der Waals surface area contributed by atoms with Crippen LogP contribution in [-0.4, -0.2) is 60.8 Å². The van der Waals surface area contributed by atoms with Crippen LogP contribution in [0.1, 0.15) is 52.9 Å². The zero-order valence-corrected chi connectivity index (χ0v) is 20.2. The number of carboxylic acids is 3. The highest BCUT2D eigenvalue weighted by atomic mass is 32.1. The smallest absolute Gasteiger partial charge is 0.321 e. The fourth-order valence-electron chi connectivity index (χ4n) is 1.33. The van der Waals surface area contributed by atoms with E-state index in [4.69, 9.17) is 21.1 Å². The molecule has 0 radical (unpaired) electrons. The molecular formula is C17H35NO6S4. The average molecular weight is 478 g/mol. The van der Waals surface area contributed by atoms with Gasteiger partial charge in [0.1, 0.15) is 6.04 Å². The molecular weight excluding hydrogens is 442 g/mol. The minimum absolute atomic E-state index is 0.279. The standard InChI is InChI=1S/C8H16O2S2.C5H11NO2S.C4H8O2S/c9-8(10)4-2-1-3-7(12)5-6-11;1-5(2,9)3(6)4(7)8;1-3(2-7)4(5)6/h7,11-12H,1-6H2,(H,9,10);3,9H,6H2,1-2H3,(H,7,8);3,7H,2H2,1H3,(H,5,6)/t;3-;/m.1./s1. The molecule has 168 valence electrons. The molecule has 0 fully saturated rings. The summed E-state index contributed by atoms with van der Waals surface area (Å²) in [6.07, 6.45) is 3.99. The molecule has 7 nitrogen and oxygen atoms in total. The first-order chi connectivity index (χ1) is 12.7. The second-order valence-corrected chi connectivity index (χ2v) is 9.39. The van der Waals surface area contributed by atoms with E-state index in [9.17, 15) is 14.4 Å². The van der Waals surface area contributed by atoms with Gasteiger partial charge in [0.25, 0.3) is 0 Å². The molecule has 0 aromatic rings. The minimum atomic E-state index is -1.02. The first-order valence-corrected chi connectivity index (χ1v) is 11.0. The van der Waals surface area contributed by atoms with E-state index in [-0.39, 0.29) is 12.3 Å². The van der Waals surface area contributed by atoms with E-state index < -0.39 is 28.7 Å². The zero-order valence-electron chi connectivity index (χ0n) is 16.6. The van der Waals surface area contributed by atoms with E-state index in [1.807, 2.05) is 0 Å². The SMILES string of the molecule is CC(C)(S)[C@H](N)C(=O)O.CC(CS)C(=O)O.O=C(O)CCCCC(S)CCS. The third-order valence-corrected chi connectivity index (χ3v) is 4.96. The zero-order chi connectivity index (χ0) is 22.9. The quantitative estimate of drug-likeness (QED) is 0.169. The Morgan fingerprint density at radius 2 is 1.50 bits per heavy atom. The van der Waals surface area contributed by atoms with E-state index in [1.165, 1.54) is 0 Å². The Hall–Kier alpha value is -0.230. The topological polar surface area (TPSA) is 138 Å². The molecule has 0 saturated heterocycles. The van der Waals surface area contributed by atoms with Gasteiger partial charge in [-0.2, -0.15) is 50.5 Å². The maximum atomic E-state index is 10.2. The van der Waals surface area contributed by atoms with Crippen LogP contribution < -0.4 is 5.73 Å². The number of carbonyl (C=O) groups is 3. The van der Waals surface area contributed by atoms with Crippen molar-refractivity contribution in [3.05, 3.63) is 0 Å². The number of hydrogen-bond acceptors (Lipinski definition) is 8. The molecule has 0 amide bonds. The summed E-state index contributed by atoms with van der Waals surface area (Å²) < 4.78 is -0.647. The highest BCUT2D eigenvalue weighted by molar-refractivity contribution is 7.82. The van der Waals surface area contributed by atoms with Gasteiger partial charge in [0.2, 0.25) is 0 Å². The summed E-state index contributed by atoms with van der Waals surface area (Å²) in [5, 5.41) is 25.2. The summed E-state index contributed by atoms with van der Waals surface area (Å²) >= 11 is 16.2. The lowest BCUT2D eigenvalue weighted by molar-refractivity contribution is -0.140. The lowest BCUT2D eigenvalue weighted by atomic mass is 10.1. The van der Waals surface area contributed by atoms with Crippen LogP contribution in [0.25, 0.3) is 0 Å². The summed E-state index contributed by atoms with van der Waals surface area (Å²) in [5.41, 5.74) is 5.22. The summed E-state index contributed by atoms with van der Waals surface area (Å²) in [4.78, 5) is 30.2. The highest BCUT2D eigenvalue weighted by Crippen LogP contribution is 2.15. The van der Waals surface area contributed by atoms with E-state index >= 15 is 0 Å². The van der Waals surface area contributed by atoms with Crippen LogP contribution in [0.15, 0.2) is 0 Å². The van der Waals surface area contributed by atoms with Crippen LogP contribution in [-0.2, 0) is 14.4 Å². The van der Waals surface area contributed by atoms with Crippen molar-refractivity contribution in [3.8, 4) is 0 Å². The Morgan fingerprint density at radius 3 is 1.71 bits per heavy atom. The number of thiol groups is 4. The molecule has 0 bridgehead atoms. The van der Waals surface area contributed by atoms with Gasteiger partial charge < -0.3 is 21.1 Å². The van der Waals surface area contributed by atoms with E-state index in [0.29, 0.717) is 11.0 Å². The fraction of sp³-hybridized carbons (Fsp3) is 0.824. The van der Waals surface area contributed by atoms with Gasteiger partial charge in [-0.05, 0) is 38.9 Å². The van der Waals surface area contributed by atoms with Gasteiger partial charge in [0.05, 0.1) is 5.92 Å². The maximum absolute atomic E-state index is 10.2. The van der Waals surface area contributed by atoms with Crippen molar-refractivity contribution in [2.24, 2.45) is 11.7 Å². The van der Waals surface area contributed by atoms with Crippen LogP contribution in [0.4, 0.5) is 0 Å². The van der Waals surface area contributed by atoms with E-state index in [1.54, 1.807) is 20.8 Å². The number of nitrogens with two attached hydrogens (primary N) is 1. The number of hydrogen-bond donors (Lipinski definition) is 8. The molecule has 0 aromatic heterocycles. The molecule has 0 aliphatic heterocycles. The van der Waals surface area contributed by atoms with Crippen molar-refractivity contribution in [2.45, 2.75) is 68.9 Å². The predicted octanol–water partition coefficient (Wildman–Crippen LogP) is 2.99. The highest BCUT2D eigenvalue weighted by Gasteiger charge is 2.27. The normalized spacial score (nSPS) is 13.7. The van der Waals surface area contributed by atoms with Gasteiger partial charge in [0, 0.05) is 22.2 Å². The van der Waals surface area contributed by atoms with Gasteiger partial charge in [-0.25, -0.2) is 0 Å². The first kappa shape index (κ1) is 32.4. The van der Waals surface area contributed by atoms with Crippen molar-refractivity contribution < 1.29 is 29.7 Å². The number of carboxylic acid groups (broad SMARTS) is 3. The number of rotatable bonds is 11.